The Morgan fingerprint density at radius 1 is 1.03 bits per heavy atom. The van der Waals surface area contributed by atoms with E-state index in [2.05, 4.69) is 56.9 Å². The molecule has 1 heterocycles. The smallest absolute Gasteiger partial charge is 0.191 e. The number of methoxy groups -OCH3 is 2. The van der Waals surface area contributed by atoms with Gasteiger partial charge in [0.25, 0.3) is 0 Å². The van der Waals surface area contributed by atoms with Crippen molar-refractivity contribution in [1.82, 2.24) is 15.5 Å². The Labute approximate surface area is 203 Å². The van der Waals surface area contributed by atoms with Crippen LogP contribution in [0, 0.1) is 0 Å². The molecule has 1 atom stereocenters. The third-order valence-corrected chi connectivity index (χ3v) is 5.53. The SMILES string of the molecule is CN=C(NCc1cccc(COC)c1)NCC(c1ccc(OC)cc1)N1CCCC1.I. The topological polar surface area (TPSA) is 58.1 Å². The second kappa shape index (κ2) is 13.5. The molecule has 1 aliphatic rings. The van der Waals surface area contributed by atoms with Gasteiger partial charge in [-0.25, -0.2) is 0 Å². The van der Waals surface area contributed by atoms with E-state index in [1.807, 2.05) is 19.2 Å². The monoisotopic (exact) mass is 538 g/mol. The molecule has 0 amide bonds. The average Bonchev–Trinajstić information content (AvgIpc) is 3.31. The van der Waals surface area contributed by atoms with E-state index < -0.39 is 0 Å². The van der Waals surface area contributed by atoms with Crippen molar-refractivity contribution in [3.63, 3.8) is 0 Å². The van der Waals surface area contributed by atoms with Crippen LogP contribution in [0.3, 0.4) is 0 Å². The van der Waals surface area contributed by atoms with Crippen molar-refractivity contribution in [1.29, 1.82) is 0 Å². The zero-order valence-corrected chi connectivity index (χ0v) is 21.1. The molecule has 31 heavy (non-hydrogen) atoms. The number of rotatable bonds is 9. The first-order chi connectivity index (χ1) is 14.7. The molecular formula is C24H35IN4O2. The first-order valence-electron chi connectivity index (χ1n) is 10.6. The van der Waals surface area contributed by atoms with Gasteiger partial charge in [0.05, 0.1) is 19.8 Å². The third-order valence-electron chi connectivity index (χ3n) is 5.53. The Morgan fingerprint density at radius 2 is 1.74 bits per heavy atom. The van der Waals surface area contributed by atoms with Gasteiger partial charge >= 0.3 is 0 Å². The molecule has 1 aliphatic heterocycles. The summed E-state index contributed by atoms with van der Waals surface area (Å²) < 4.78 is 10.6. The van der Waals surface area contributed by atoms with E-state index in [1.165, 1.54) is 29.5 Å². The molecule has 0 aliphatic carbocycles. The van der Waals surface area contributed by atoms with E-state index in [0.717, 1.165) is 31.3 Å². The summed E-state index contributed by atoms with van der Waals surface area (Å²) in [6, 6.07) is 17.1. The summed E-state index contributed by atoms with van der Waals surface area (Å²) in [6.07, 6.45) is 2.52. The summed E-state index contributed by atoms with van der Waals surface area (Å²) in [5.41, 5.74) is 3.68. The Hall–Kier alpha value is -1.84. The molecule has 1 unspecified atom stereocenters. The van der Waals surface area contributed by atoms with Gasteiger partial charge < -0.3 is 20.1 Å². The lowest BCUT2D eigenvalue weighted by molar-refractivity contribution is 0.185. The maximum atomic E-state index is 5.32. The molecule has 7 heteroatoms. The summed E-state index contributed by atoms with van der Waals surface area (Å²) in [6.45, 7) is 4.41. The highest BCUT2D eigenvalue weighted by Crippen LogP contribution is 2.26. The fourth-order valence-corrected chi connectivity index (χ4v) is 3.93. The van der Waals surface area contributed by atoms with Crippen LogP contribution in [0.2, 0.25) is 0 Å². The molecule has 2 aromatic rings. The van der Waals surface area contributed by atoms with Gasteiger partial charge in [-0.15, -0.1) is 24.0 Å². The molecule has 170 valence electrons. The molecule has 0 aromatic heterocycles. The number of nitrogens with zero attached hydrogens (tertiary/aromatic N) is 2. The molecular weight excluding hydrogens is 503 g/mol. The van der Waals surface area contributed by atoms with Crippen molar-refractivity contribution in [2.75, 3.05) is 40.9 Å². The van der Waals surface area contributed by atoms with Crippen molar-refractivity contribution in [3.8, 4) is 5.75 Å². The van der Waals surface area contributed by atoms with Gasteiger partial charge in [-0.05, 0) is 54.8 Å². The second-order valence-corrected chi connectivity index (χ2v) is 7.59. The van der Waals surface area contributed by atoms with Gasteiger partial charge in [0, 0.05) is 27.2 Å². The summed E-state index contributed by atoms with van der Waals surface area (Å²) in [5, 5.41) is 6.96. The average molecular weight is 538 g/mol. The number of nitrogens with one attached hydrogen (secondary N) is 2. The Bertz CT molecular complexity index is 807. The van der Waals surface area contributed by atoms with E-state index in [0.29, 0.717) is 19.2 Å². The van der Waals surface area contributed by atoms with Crippen LogP contribution < -0.4 is 15.4 Å². The quantitative estimate of drug-likeness (QED) is 0.288. The molecule has 0 radical (unpaired) electrons. The van der Waals surface area contributed by atoms with Crippen LogP contribution in [0.15, 0.2) is 53.5 Å². The van der Waals surface area contributed by atoms with Crippen molar-refractivity contribution in [3.05, 3.63) is 65.2 Å². The number of hydrogen-bond donors (Lipinski definition) is 2. The van der Waals surface area contributed by atoms with Crippen LogP contribution in [0.25, 0.3) is 0 Å². The normalized spacial score (nSPS) is 15.3. The molecule has 1 saturated heterocycles. The fraction of sp³-hybridized carbons (Fsp3) is 0.458. The standard InChI is InChI=1S/C24H34N4O2.HI/c1-25-24(26-16-19-7-6-8-20(15-19)18-29-2)27-17-23(28-13-4-5-14-28)21-9-11-22(30-3)12-10-21;/h6-12,15,23H,4-5,13-14,16-18H2,1-3H3,(H2,25,26,27);1H. The van der Waals surface area contributed by atoms with Crippen LogP contribution in [-0.4, -0.2) is 51.8 Å². The number of halogens is 1. The number of hydrogen-bond acceptors (Lipinski definition) is 4. The molecule has 2 N–H and O–H groups in total. The number of aliphatic imine (C=N–C) groups is 1. The molecule has 2 aromatic carbocycles. The Balaban J connectivity index is 0.00000341. The molecule has 6 nitrogen and oxygen atoms in total. The number of guanidine groups is 1. The highest BCUT2D eigenvalue weighted by molar-refractivity contribution is 14.0. The highest BCUT2D eigenvalue weighted by atomic mass is 127. The van der Waals surface area contributed by atoms with Gasteiger partial charge in [-0.3, -0.25) is 9.89 Å². The minimum absolute atomic E-state index is 0. The second-order valence-electron chi connectivity index (χ2n) is 7.59. The van der Waals surface area contributed by atoms with Gasteiger partial charge in [-0.2, -0.15) is 0 Å². The Morgan fingerprint density at radius 3 is 2.39 bits per heavy atom. The maximum Gasteiger partial charge on any atom is 0.191 e. The maximum absolute atomic E-state index is 5.32. The zero-order valence-electron chi connectivity index (χ0n) is 18.8. The van der Waals surface area contributed by atoms with Crippen LogP contribution in [0.5, 0.6) is 5.75 Å². The lowest BCUT2D eigenvalue weighted by Crippen LogP contribution is -2.42. The summed E-state index contributed by atoms with van der Waals surface area (Å²) >= 11 is 0. The van der Waals surface area contributed by atoms with Gasteiger partial charge in [0.1, 0.15) is 5.75 Å². The molecule has 3 rings (SSSR count). The first-order valence-corrected chi connectivity index (χ1v) is 10.6. The van der Waals surface area contributed by atoms with Crippen molar-refractivity contribution < 1.29 is 9.47 Å². The molecule has 0 saturated carbocycles. The van der Waals surface area contributed by atoms with Gasteiger partial charge in [0.2, 0.25) is 0 Å². The summed E-state index contributed by atoms with van der Waals surface area (Å²) in [7, 11) is 5.24. The van der Waals surface area contributed by atoms with Crippen molar-refractivity contribution in [2.24, 2.45) is 4.99 Å². The zero-order chi connectivity index (χ0) is 21.2. The number of benzene rings is 2. The summed E-state index contributed by atoms with van der Waals surface area (Å²) in [4.78, 5) is 6.96. The first kappa shape index (κ1) is 25.4. The number of likely N-dealkylation sites (tertiary alicyclic amines) is 1. The van der Waals surface area contributed by atoms with Crippen LogP contribution in [-0.2, 0) is 17.9 Å². The fourth-order valence-electron chi connectivity index (χ4n) is 3.93. The third kappa shape index (κ3) is 7.66. The van der Waals surface area contributed by atoms with Crippen LogP contribution in [0.1, 0.15) is 35.6 Å². The Kier molecular flexibility index (Phi) is 11.1. The van der Waals surface area contributed by atoms with E-state index >= 15 is 0 Å². The highest BCUT2D eigenvalue weighted by Gasteiger charge is 2.23. The van der Waals surface area contributed by atoms with Gasteiger partial charge in [0.15, 0.2) is 5.96 Å². The molecule has 1 fully saturated rings. The minimum Gasteiger partial charge on any atom is -0.497 e. The van der Waals surface area contributed by atoms with Gasteiger partial charge in [-0.1, -0.05) is 36.4 Å². The summed E-state index contributed by atoms with van der Waals surface area (Å²) in [5.74, 6) is 1.70. The van der Waals surface area contributed by atoms with E-state index in [-0.39, 0.29) is 24.0 Å². The largest absolute Gasteiger partial charge is 0.497 e. The number of ether oxygens (including phenoxy) is 2. The lowest BCUT2D eigenvalue weighted by atomic mass is 10.1. The van der Waals surface area contributed by atoms with Crippen LogP contribution in [0.4, 0.5) is 0 Å². The van der Waals surface area contributed by atoms with E-state index in [9.17, 15) is 0 Å². The van der Waals surface area contributed by atoms with Crippen molar-refractivity contribution in [2.45, 2.75) is 32.0 Å². The van der Waals surface area contributed by atoms with E-state index in [4.69, 9.17) is 9.47 Å². The van der Waals surface area contributed by atoms with Crippen molar-refractivity contribution >= 4 is 29.9 Å². The predicted octanol–water partition coefficient (Wildman–Crippen LogP) is 3.96. The van der Waals surface area contributed by atoms with Crippen LogP contribution >= 0.6 is 24.0 Å². The molecule has 0 bridgehead atoms. The minimum atomic E-state index is 0. The predicted molar refractivity (Wildman–Crippen MR) is 137 cm³/mol. The lowest BCUT2D eigenvalue weighted by Gasteiger charge is -2.29. The molecule has 0 spiro atoms. The van der Waals surface area contributed by atoms with E-state index in [1.54, 1.807) is 14.2 Å².